The molecule has 106 valence electrons. The number of hydrogen-bond acceptors (Lipinski definition) is 3. The summed E-state index contributed by atoms with van der Waals surface area (Å²) in [6.45, 7) is 7.22. The first-order chi connectivity index (χ1) is 9.11. The van der Waals surface area contributed by atoms with E-state index in [-0.39, 0.29) is 18.2 Å². The number of rotatable bonds is 5. The van der Waals surface area contributed by atoms with Crippen molar-refractivity contribution in [3.63, 3.8) is 0 Å². The molecule has 0 saturated carbocycles. The van der Waals surface area contributed by atoms with Crippen molar-refractivity contribution in [2.45, 2.75) is 45.4 Å². The molecule has 1 heterocycles. The highest BCUT2D eigenvalue weighted by Crippen LogP contribution is 2.32. The van der Waals surface area contributed by atoms with Gasteiger partial charge in [0.05, 0.1) is 18.2 Å². The molecule has 1 saturated heterocycles. The Bertz CT molecular complexity index is 405. The molecule has 1 aliphatic rings. The fourth-order valence-electron chi connectivity index (χ4n) is 2.72. The van der Waals surface area contributed by atoms with Gasteiger partial charge in [0.25, 0.3) is 0 Å². The molecule has 1 N–H and O–H groups in total. The van der Waals surface area contributed by atoms with Gasteiger partial charge in [-0.15, -0.1) is 0 Å². The molecule has 2 rings (SSSR count). The number of benzene rings is 1. The molecule has 0 aliphatic carbocycles. The van der Waals surface area contributed by atoms with Crippen LogP contribution in [0.4, 0.5) is 0 Å². The molecule has 0 bridgehead atoms. The highest BCUT2D eigenvalue weighted by Gasteiger charge is 2.32. The molecule has 1 aliphatic heterocycles. The molecular weight excluding hydrogens is 238 g/mol. The lowest BCUT2D eigenvalue weighted by Crippen LogP contribution is -2.32. The van der Waals surface area contributed by atoms with Crippen LogP contribution in [-0.4, -0.2) is 25.9 Å². The predicted octanol–water partition coefficient (Wildman–Crippen LogP) is 3.16. The molecule has 3 unspecified atom stereocenters. The molecule has 1 aromatic rings. The van der Waals surface area contributed by atoms with E-state index < -0.39 is 0 Å². The molecule has 0 amide bonds. The van der Waals surface area contributed by atoms with Crippen LogP contribution in [-0.2, 0) is 4.74 Å². The second-order valence-electron chi connectivity index (χ2n) is 5.61. The first-order valence-electron chi connectivity index (χ1n) is 7.17. The number of hydrogen-bond donors (Lipinski definition) is 1. The van der Waals surface area contributed by atoms with E-state index in [1.54, 1.807) is 0 Å². The van der Waals surface area contributed by atoms with Crippen LogP contribution in [0.2, 0.25) is 0 Å². The fourth-order valence-corrected chi connectivity index (χ4v) is 2.72. The summed E-state index contributed by atoms with van der Waals surface area (Å²) >= 11 is 0. The van der Waals surface area contributed by atoms with E-state index in [2.05, 4.69) is 30.4 Å². The summed E-state index contributed by atoms with van der Waals surface area (Å²) in [7, 11) is 2.00. The third kappa shape index (κ3) is 3.48. The van der Waals surface area contributed by atoms with Crippen LogP contribution in [0.3, 0.4) is 0 Å². The van der Waals surface area contributed by atoms with Crippen molar-refractivity contribution in [3.05, 3.63) is 29.8 Å². The van der Waals surface area contributed by atoms with Gasteiger partial charge in [0.15, 0.2) is 0 Å². The summed E-state index contributed by atoms with van der Waals surface area (Å²) in [6.07, 6.45) is 1.59. The van der Waals surface area contributed by atoms with Gasteiger partial charge >= 0.3 is 0 Å². The molecule has 0 spiro atoms. The third-order valence-electron chi connectivity index (χ3n) is 3.67. The Kier molecular flexibility index (Phi) is 4.83. The monoisotopic (exact) mass is 263 g/mol. The lowest BCUT2D eigenvalue weighted by Gasteiger charge is -2.26. The van der Waals surface area contributed by atoms with Gasteiger partial charge in [0, 0.05) is 6.61 Å². The Balaban J connectivity index is 2.18. The molecular formula is C16H25NO2. The van der Waals surface area contributed by atoms with Crippen molar-refractivity contribution in [2.24, 2.45) is 5.92 Å². The van der Waals surface area contributed by atoms with Gasteiger partial charge in [0.2, 0.25) is 0 Å². The van der Waals surface area contributed by atoms with Crippen molar-refractivity contribution in [3.8, 4) is 5.75 Å². The van der Waals surface area contributed by atoms with Gasteiger partial charge in [-0.2, -0.15) is 0 Å². The third-order valence-corrected chi connectivity index (χ3v) is 3.67. The molecule has 0 radical (unpaired) electrons. The van der Waals surface area contributed by atoms with Crippen molar-refractivity contribution in [1.29, 1.82) is 0 Å². The van der Waals surface area contributed by atoms with Crippen LogP contribution in [0.5, 0.6) is 5.75 Å². The standard InChI is InChI=1S/C16H25NO2/c1-11(2)19-14-7-5-6-13(10-14)15(17-4)16-12(3)8-9-18-16/h5-7,10-12,15-17H,8-9H2,1-4H3. The zero-order valence-electron chi connectivity index (χ0n) is 12.3. The summed E-state index contributed by atoms with van der Waals surface area (Å²) in [5, 5.41) is 3.39. The van der Waals surface area contributed by atoms with Crippen molar-refractivity contribution < 1.29 is 9.47 Å². The first-order valence-corrected chi connectivity index (χ1v) is 7.17. The molecule has 0 aromatic heterocycles. The largest absolute Gasteiger partial charge is 0.491 e. The normalized spacial score (nSPS) is 24.7. The topological polar surface area (TPSA) is 30.5 Å². The average Bonchev–Trinajstić information content (AvgIpc) is 2.77. The molecule has 19 heavy (non-hydrogen) atoms. The van der Waals surface area contributed by atoms with Gasteiger partial charge in [-0.3, -0.25) is 0 Å². The van der Waals surface area contributed by atoms with Crippen LogP contribution in [0.1, 0.15) is 38.8 Å². The zero-order valence-corrected chi connectivity index (χ0v) is 12.3. The lowest BCUT2D eigenvalue weighted by molar-refractivity contribution is 0.0630. The van der Waals surface area contributed by atoms with Gasteiger partial charge in [-0.05, 0) is 50.9 Å². The van der Waals surface area contributed by atoms with E-state index >= 15 is 0 Å². The number of likely N-dealkylation sites (N-methyl/N-ethyl adjacent to an activating group) is 1. The highest BCUT2D eigenvalue weighted by atomic mass is 16.5. The summed E-state index contributed by atoms with van der Waals surface area (Å²) in [5.41, 5.74) is 1.24. The summed E-state index contributed by atoms with van der Waals surface area (Å²) in [4.78, 5) is 0. The maximum absolute atomic E-state index is 5.89. The highest BCUT2D eigenvalue weighted by molar-refractivity contribution is 5.31. The first kappa shape index (κ1) is 14.4. The van der Waals surface area contributed by atoms with Crippen LogP contribution in [0.15, 0.2) is 24.3 Å². The van der Waals surface area contributed by atoms with Gasteiger partial charge < -0.3 is 14.8 Å². The Morgan fingerprint density at radius 2 is 2.16 bits per heavy atom. The van der Waals surface area contributed by atoms with Crippen LogP contribution in [0.25, 0.3) is 0 Å². The van der Waals surface area contributed by atoms with E-state index in [0.717, 1.165) is 18.8 Å². The second kappa shape index (κ2) is 6.40. The van der Waals surface area contributed by atoms with Crippen LogP contribution < -0.4 is 10.1 Å². The zero-order chi connectivity index (χ0) is 13.8. The number of nitrogens with one attached hydrogen (secondary N) is 1. The van der Waals surface area contributed by atoms with E-state index in [4.69, 9.17) is 9.47 Å². The minimum atomic E-state index is 0.199. The SMILES string of the molecule is CNC(c1cccc(OC(C)C)c1)C1OCCC1C. The molecule has 1 fully saturated rings. The summed E-state index contributed by atoms with van der Waals surface area (Å²) in [5.74, 6) is 1.52. The van der Waals surface area contributed by atoms with E-state index in [0.29, 0.717) is 5.92 Å². The Morgan fingerprint density at radius 3 is 2.74 bits per heavy atom. The lowest BCUT2D eigenvalue weighted by atomic mass is 9.92. The van der Waals surface area contributed by atoms with Crippen molar-refractivity contribution in [1.82, 2.24) is 5.32 Å². The fraction of sp³-hybridized carbons (Fsp3) is 0.625. The molecule has 3 heteroatoms. The summed E-state index contributed by atoms with van der Waals surface area (Å²) in [6, 6.07) is 8.55. The summed E-state index contributed by atoms with van der Waals surface area (Å²) < 4.78 is 11.7. The van der Waals surface area contributed by atoms with Crippen LogP contribution >= 0.6 is 0 Å². The predicted molar refractivity (Wildman–Crippen MR) is 77.5 cm³/mol. The van der Waals surface area contributed by atoms with Gasteiger partial charge in [-0.1, -0.05) is 19.1 Å². The Morgan fingerprint density at radius 1 is 1.37 bits per heavy atom. The maximum Gasteiger partial charge on any atom is 0.120 e. The maximum atomic E-state index is 5.89. The average molecular weight is 263 g/mol. The molecule has 1 aromatic carbocycles. The van der Waals surface area contributed by atoms with Gasteiger partial charge in [-0.25, -0.2) is 0 Å². The van der Waals surface area contributed by atoms with Crippen LogP contribution in [0, 0.1) is 5.92 Å². The number of ether oxygens (including phenoxy) is 2. The minimum absolute atomic E-state index is 0.199. The van der Waals surface area contributed by atoms with Crippen molar-refractivity contribution in [2.75, 3.05) is 13.7 Å². The quantitative estimate of drug-likeness (QED) is 0.885. The second-order valence-corrected chi connectivity index (χ2v) is 5.61. The molecule has 3 nitrogen and oxygen atoms in total. The molecule has 3 atom stereocenters. The van der Waals surface area contributed by atoms with E-state index in [1.807, 2.05) is 27.0 Å². The van der Waals surface area contributed by atoms with Gasteiger partial charge in [0.1, 0.15) is 5.75 Å². The van der Waals surface area contributed by atoms with E-state index in [1.165, 1.54) is 5.56 Å². The minimum Gasteiger partial charge on any atom is -0.491 e. The van der Waals surface area contributed by atoms with Crippen molar-refractivity contribution >= 4 is 0 Å². The Hall–Kier alpha value is -1.06. The Labute approximate surface area is 116 Å². The van der Waals surface area contributed by atoms with E-state index in [9.17, 15) is 0 Å². The smallest absolute Gasteiger partial charge is 0.120 e.